The van der Waals surface area contributed by atoms with E-state index in [-0.39, 0.29) is 11.7 Å². The largest absolute Gasteiger partial charge is 0.319 e. The Bertz CT molecular complexity index is 132. The average molecular weight is 208 g/mol. The summed E-state index contributed by atoms with van der Waals surface area (Å²) >= 11 is 3.09. The molecule has 0 rings (SSSR count). The molecule has 0 bridgehead atoms. The molecule has 0 amide bonds. The first kappa shape index (κ1) is 10.1. The molecule has 0 radical (unpaired) electrons. The zero-order valence-electron chi connectivity index (χ0n) is 6.65. The fraction of sp³-hybridized carbons (Fsp3) is 0.857. The molecule has 0 aliphatic carbocycles. The van der Waals surface area contributed by atoms with Gasteiger partial charge in [0, 0.05) is 0 Å². The SMILES string of the molecule is CC(C)C(C)(N)C(=O)CBr. The van der Waals surface area contributed by atoms with Gasteiger partial charge in [0.15, 0.2) is 5.78 Å². The summed E-state index contributed by atoms with van der Waals surface area (Å²) in [5, 5.41) is 0.345. The first-order valence-electron chi connectivity index (χ1n) is 3.31. The van der Waals surface area contributed by atoms with E-state index in [1.54, 1.807) is 6.92 Å². The Morgan fingerprint density at radius 2 is 2.10 bits per heavy atom. The van der Waals surface area contributed by atoms with Crippen LogP contribution in [-0.4, -0.2) is 16.7 Å². The van der Waals surface area contributed by atoms with Crippen LogP contribution in [-0.2, 0) is 4.79 Å². The molecule has 0 aromatic rings. The number of carbonyl (C=O) groups excluding carboxylic acids is 1. The van der Waals surface area contributed by atoms with Gasteiger partial charge in [0.05, 0.1) is 10.9 Å². The van der Waals surface area contributed by atoms with E-state index >= 15 is 0 Å². The first-order chi connectivity index (χ1) is 4.42. The Balaban J connectivity index is 4.24. The van der Waals surface area contributed by atoms with Crippen molar-refractivity contribution in [3.05, 3.63) is 0 Å². The molecule has 2 N–H and O–H groups in total. The molecule has 0 saturated carbocycles. The lowest BCUT2D eigenvalue weighted by atomic mass is 9.86. The number of carbonyl (C=O) groups is 1. The predicted octanol–water partition coefficient (Wildman–Crippen LogP) is 1.32. The number of hydrogen-bond donors (Lipinski definition) is 1. The number of ketones is 1. The van der Waals surface area contributed by atoms with Crippen LogP contribution in [0.5, 0.6) is 0 Å². The van der Waals surface area contributed by atoms with Gasteiger partial charge in [0.2, 0.25) is 0 Å². The van der Waals surface area contributed by atoms with E-state index in [4.69, 9.17) is 5.73 Å². The normalized spacial score (nSPS) is 17.0. The van der Waals surface area contributed by atoms with Crippen LogP contribution in [0.15, 0.2) is 0 Å². The van der Waals surface area contributed by atoms with E-state index in [2.05, 4.69) is 15.9 Å². The van der Waals surface area contributed by atoms with Crippen molar-refractivity contribution in [2.24, 2.45) is 11.7 Å². The summed E-state index contributed by atoms with van der Waals surface area (Å²) in [6.07, 6.45) is 0. The van der Waals surface area contributed by atoms with Gasteiger partial charge in [0.25, 0.3) is 0 Å². The monoisotopic (exact) mass is 207 g/mol. The van der Waals surface area contributed by atoms with Crippen LogP contribution in [0.3, 0.4) is 0 Å². The second-order valence-electron chi connectivity index (χ2n) is 2.99. The van der Waals surface area contributed by atoms with E-state index in [1.807, 2.05) is 13.8 Å². The van der Waals surface area contributed by atoms with E-state index < -0.39 is 5.54 Å². The molecule has 0 spiro atoms. The summed E-state index contributed by atoms with van der Waals surface area (Å²) in [5.74, 6) is 0.250. The third kappa shape index (κ3) is 2.06. The molecule has 0 aromatic carbocycles. The number of Topliss-reactive ketones (excluding diaryl/α,β-unsaturated/α-hetero) is 1. The third-order valence-electron chi connectivity index (χ3n) is 1.92. The van der Waals surface area contributed by atoms with Gasteiger partial charge < -0.3 is 5.73 Å². The molecule has 1 unspecified atom stereocenters. The van der Waals surface area contributed by atoms with Crippen molar-refractivity contribution in [3.8, 4) is 0 Å². The number of hydrogen-bond acceptors (Lipinski definition) is 2. The summed E-state index contributed by atoms with van der Waals surface area (Å²) in [7, 11) is 0. The molecule has 2 nitrogen and oxygen atoms in total. The standard InChI is InChI=1S/C7H14BrNO/c1-5(2)7(3,9)6(10)4-8/h5H,4,9H2,1-3H3. The van der Waals surface area contributed by atoms with E-state index in [9.17, 15) is 4.79 Å². The van der Waals surface area contributed by atoms with E-state index in [1.165, 1.54) is 0 Å². The van der Waals surface area contributed by atoms with Gasteiger partial charge in [-0.25, -0.2) is 0 Å². The van der Waals surface area contributed by atoms with E-state index in [0.717, 1.165) is 0 Å². The minimum atomic E-state index is -0.677. The Labute approximate surface area is 70.3 Å². The van der Waals surface area contributed by atoms with Crippen molar-refractivity contribution in [2.75, 3.05) is 5.33 Å². The summed E-state index contributed by atoms with van der Waals surface area (Å²) < 4.78 is 0. The highest BCUT2D eigenvalue weighted by Gasteiger charge is 2.30. The van der Waals surface area contributed by atoms with Crippen molar-refractivity contribution in [3.63, 3.8) is 0 Å². The summed E-state index contributed by atoms with van der Waals surface area (Å²) in [4.78, 5) is 11.1. The molecule has 0 aliphatic heterocycles. The maximum absolute atomic E-state index is 11.1. The van der Waals surface area contributed by atoms with Crippen LogP contribution in [0.25, 0.3) is 0 Å². The van der Waals surface area contributed by atoms with Gasteiger partial charge in [-0.1, -0.05) is 29.8 Å². The van der Waals surface area contributed by atoms with Crippen LogP contribution in [0.2, 0.25) is 0 Å². The highest BCUT2D eigenvalue weighted by Crippen LogP contribution is 2.14. The third-order valence-corrected chi connectivity index (χ3v) is 2.43. The van der Waals surface area contributed by atoms with E-state index in [0.29, 0.717) is 5.33 Å². The fourth-order valence-corrected chi connectivity index (χ4v) is 1.07. The van der Waals surface area contributed by atoms with Crippen molar-refractivity contribution in [1.29, 1.82) is 0 Å². The molecule has 0 aromatic heterocycles. The van der Waals surface area contributed by atoms with Gasteiger partial charge in [-0.15, -0.1) is 0 Å². The second kappa shape index (κ2) is 3.49. The summed E-state index contributed by atoms with van der Waals surface area (Å²) in [6.45, 7) is 5.66. The summed E-state index contributed by atoms with van der Waals surface area (Å²) in [6, 6.07) is 0. The van der Waals surface area contributed by atoms with Crippen molar-refractivity contribution in [2.45, 2.75) is 26.3 Å². The average Bonchev–Trinajstić information content (AvgIpc) is 1.86. The van der Waals surface area contributed by atoms with Crippen molar-refractivity contribution >= 4 is 21.7 Å². The smallest absolute Gasteiger partial charge is 0.163 e. The van der Waals surface area contributed by atoms with Gasteiger partial charge in [-0.05, 0) is 12.8 Å². The molecule has 1 atom stereocenters. The maximum Gasteiger partial charge on any atom is 0.163 e. The lowest BCUT2D eigenvalue weighted by Crippen LogP contribution is -2.50. The molecular formula is C7H14BrNO. The minimum absolute atomic E-state index is 0.0579. The van der Waals surface area contributed by atoms with Crippen LogP contribution in [0, 0.1) is 5.92 Å². The molecule has 0 heterocycles. The van der Waals surface area contributed by atoms with Gasteiger partial charge in [0.1, 0.15) is 0 Å². The van der Waals surface area contributed by atoms with Gasteiger partial charge >= 0.3 is 0 Å². The molecule has 0 saturated heterocycles. The lowest BCUT2D eigenvalue weighted by Gasteiger charge is -2.26. The number of rotatable bonds is 3. The number of nitrogens with two attached hydrogens (primary N) is 1. The fourth-order valence-electron chi connectivity index (χ4n) is 0.466. The number of halogens is 1. The van der Waals surface area contributed by atoms with Crippen LogP contribution in [0.1, 0.15) is 20.8 Å². The van der Waals surface area contributed by atoms with Crippen molar-refractivity contribution < 1.29 is 4.79 Å². The maximum atomic E-state index is 11.1. The van der Waals surface area contributed by atoms with Gasteiger partial charge in [-0.2, -0.15) is 0 Å². The summed E-state index contributed by atoms with van der Waals surface area (Å²) in [5.41, 5.74) is 5.06. The topological polar surface area (TPSA) is 43.1 Å². The molecule has 60 valence electrons. The molecule has 3 heteroatoms. The lowest BCUT2D eigenvalue weighted by molar-refractivity contribution is -0.122. The highest BCUT2D eigenvalue weighted by atomic mass is 79.9. The quantitative estimate of drug-likeness (QED) is 0.711. The Morgan fingerprint density at radius 3 is 2.20 bits per heavy atom. The van der Waals surface area contributed by atoms with Gasteiger partial charge in [-0.3, -0.25) is 4.79 Å². The van der Waals surface area contributed by atoms with Crippen LogP contribution < -0.4 is 5.73 Å². The van der Waals surface area contributed by atoms with Crippen LogP contribution in [0.4, 0.5) is 0 Å². The zero-order valence-corrected chi connectivity index (χ0v) is 8.23. The Hall–Kier alpha value is 0.110. The first-order valence-corrected chi connectivity index (χ1v) is 4.43. The molecule has 10 heavy (non-hydrogen) atoms. The van der Waals surface area contributed by atoms with Crippen LogP contribution >= 0.6 is 15.9 Å². The predicted molar refractivity (Wildman–Crippen MR) is 46.2 cm³/mol. The zero-order chi connectivity index (χ0) is 8.36. The number of alkyl halides is 1. The highest BCUT2D eigenvalue weighted by molar-refractivity contribution is 9.09. The molecule has 0 fully saturated rings. The Morgan fingerprint density at radius 1 is 1.70 bits per heavy atom. The molecular weight excluding hydrogens is 194 g/mol. The van der Waals surface area contributed by atoms with Crippen molar-refractivity contribution in [1.82, 2.24) is 0 Å². The molecule has 0 aliphatic rings. The Kier molecular flexibility index (Phi) is 3.52. The second-order valence-corrected chi connectivity index (χ2v) is 3.55. The minimum Gasteiger partial charge on any atom is -0.319 e.